The number of hydrogen-bond donors (Lipinski definition) is 2. The smallest absolute Gasteiger partial charge is 0.101 e. The summed E-state index contributed by atoms with van der Waals surface area (Å²) in [7, 11) is 0. The van der Waals surface area contributed by atoms with Crippen LogP contribution in [0, 0.1) is 5.41 Å². The zero-order valence-corrected chi connectivity index (χ0v) is 8.46. The van der Waals surface area contributed by atoms with E-state index in [1.807, 2.05) is 27.7 Å². The fourth-order valence-electron chi connectivity index (χ4n) is 0.906. The summed E-state index contributed by atoms with van der Waals surface area (Å²) >= 11 is 0. The minimum atomic E-state index is -0.796. The maximum absolute atomic E-state index is 9.64. The molecule has 0 unspecified atom stereocenters. The van der Waals surface area contributed by atoms with Gasteiger partial charge in [0.25, 0.3) is 0 Å². The minimum Gasteiger partial charge on any atom is -0.390 e. The van der Waals surface area contributed by atoms with Gasteiger partial charge in [-0.15, -0.1) is 0 Å². The Labute approximate surface area is 74.9 Å². The van der Waals surface area contributed by atoms with E-state index < -0.39 is 12.2 Å². The van der Waals surface area contributed by atoms with Crippen LogP contribution in [0.25, 0.3) is 0 Å². The molecule has 0 heterocycles. The third kappa shape index (κ3) is 2.95. The Morgan fingerprint density at radius 3 is 2.00 bits per heavy atom. The zero-order valence-electron chi connectivity index (χ0n) is 8.46. The van der Waals surface area contributed by atoms with E-state index in [0.717, 1.165) is 0 Å². The van der Waals surface area contributed by atoms with E-state index in [2.05, 4.69) is 6.58 Å². The van der Waals surface area contributed by atoms with Crippen molar-refractivity contribution in [3.63, 3.8) is 0 Å². The first-order valence-electron chi connectivity index (χ1n) is 4.34. The van der Waals surface area contributed by atoms with Crippen molar-refractivity contribution in [3.05, 3.63) is 12.2 Å². The summed E-state index contributed by atoms with van der Waals surface area (Å²) in [5, 5.41) is 19.2. The summed E-state index contributed by atoms with van der Waals surface area (Å²) in [6.45, 7) is 11.3. The summed E-state index contributed by atoms with van der Waals surface area (Å²) in [6, 6.07) is 0. The van der Waals surface area contributed by atoms with Crippen LogP contribution in [-0.2, 0) is 0 Å². The molecule has 0 radical (unpaired) electrons. The predicted molar refractivity (Wildman–Crippen MR) is 50.9 cm³/mol. The van der Waals surface area contributed by atoms with Crippen LogP contribution < -0.4 is 0 Å². The zero-order chi connectivity index (χ0) is 9.94. The molecule has 72 valence electrons. The van der Waals surface area contributed by atoms with Crippen LogP contribution in [0.1, 0.15) is 34.1 Å². The van der Waals surface area contributed by atoms with Gasteiger partial charge in [-0.2, -0.15) is 0 Å². The highest BCUT2D eigenvalue weighted by Gasteiger charge is 2.29. The number of hydrogen-bond acceptors (Lipinski definition) is 2. The molecular formula is C10H20O2. The lowest BCUT2D eigenvalue weighted by Gasteiger charge is -2.30. The second-order valence-electron chi connectivity index (χ2n) is 4.27. The van der Waals surface area contributed by atoms with Crippen molar-refractivity contribution in [3.8, 4) is 0 Å². The fourth-order valence-corrected chi connectivity index (χ4v) is 0.906. The molecule has 0 aromatic carbocycles. The van der Waals surface area contributed by atoms with E-state index in [1.165, 1.54) is 0 Å². The molecule has 2 nitrogen and oxygen atoms in total. The molecule has 2 atom stereocenters. The first-order chi connectivity index (χ1) is 5.30. The van der Waals surface area contributed by atoms with Gasteiger partial charge in [0.15, 0.2) is 0 Å². The van der Waals surface area contributed by atoms with E-state index in [1.54, 1.807) is 0 Å². The molecule has 0 fully saturated rings. The van der Waals surface area contributed by atoms with E-state index in [9.17, 15) is 10.2 Å². The Kier molecular flexibility index (Phi) is 3.94. The quantitative estimate of drug-likeness (QED) is 0.636. The number of aliphatic hydroxyl groups excluding tert-OH is 2. The lowest BCUT2D eigenvalue weighted by Crippen LogP contribution is -2.38. The lowest BCUT2D eigenvalue weighted by atomic mass is 9.83. The second-order valence-corrected chi connectivity index (χ2v) is 4.27. The van der Waals surface area contributed by atoms with Gasteiger partial charge in [-0.3, -0.25) is 0 Å². The van der Waals surface area contributed by atoms with Crippen LogP contribution in [0.4, 0.5) is 0 Å². The summed E-state index contributed by atoms with van der Waals surface area (Å²) in [5.74, 6) is 0. The molecule has 0 amide bonds. The van der Waals surface area contributed by atoms with Crippen LogP contribution in [0.3, 0.4) is 0 Å². The highest BCUT2D eigenvalue weighted by atomic mass is 16.3. The molecule has 0 aromatic heterocycles. The summed E-state index contributed by atoms with van der Waals surface area (Å²) in [6.07, 6.45) is -0.825. The van der Waals surface area contributed by atoms with Gasteiger partial charge < -0.3 is 10.2 Å². The molecule has 0 aliphatic rings. The average molecular weight is 172 g/mol. The van der Waals surface area contributed by atoms with Gasteiger partial charge in [-0.05, 0) is 17.4 Å². The molecule has 12 heavy (non-hydrogen) atoms. The Morgan fingerprint density at radius 2 is 1.75 bits per heavy atom. The summed E-state index contributed by atoms with van der Waals surface area (Å²) in [4.78, 5) is 0. The number of rotatable bonds is 3. The normalized spacial score (nSPS) is 17.2. The molecule has 2 heteroatoms. The Morgan fingerprint density at radius 1 is 1.33 bits per heavy atom. The maximum Gasteiger partial charge on any atom is 0.101 e. The standard InChI is InChI=1S/C10H20O2/c1-6-7(2)8(11)9(12)10(3,4)5/h8-9,11-12H,2,6H2,1,3-5H3/t8-,9+/m1/s1. The largest absolute Gasteiger partial charge is 0.390 e. The third-order valence-corrected chi connectivity index (χ3v) is 2.06. The van der Waals surface area contributed by atoms with Crippen molar-refractivity contribution in [2.24, 2.45) is 5.41 Å². The lowest BCUT2D eigenvalue weighted by molar-refractivity contribution is -0.0277. The Bertz CT molecular complexity index is 156. The van der Waals surface area contributed by atoms with Gasteiger partial charge in [0.2, 0.25) is 0 Å². The molecule has 0 aliphatic heterocycles. The van der Waals surface area contributed by atoms with Crippen molar-refractivity contribution >= 4 is 0 Å². The SMILES string of the molecule is C=C(CC)[C@@H](O)[C@H](O)C(C)(C)C. The number of aliphatic hydroxyl groups is 2. The van der Waals surface area contributed by atoms with Crippen molar-refractivity contribution in [2.45, 2.75) is 46.3 Å². The van der Waals surface area contributed by atoms with Gasteiger partial charge in [0.05, 0.1) is 6.10 Å². The van der Waals surface area contributed by atoms with E-state index in [-0.39, 0.29) is 5.41 Å². The van der Waals surface area contributed by atoms with Gasteiger partial charge in [-0.25, -0.2) is 0 Å². The molecule has 0 bridgehead atoms. The highest BCUT2D eigenvalue weighted by molar-refractivity contribution is 5.05. The molecule has 0 rings (SSSR count). The molecule has 2 N–H and O–H groups in total. The molecule has 0 saturated carbocycles. The second kappa shape index (κ2) is 4.06. The van der Waals surface area contributed by atoms with Crippen LogP contribution in [-0.4, -0.2) is 22.4 Å². The van der Waals surface area contributed by atoms with Gasteiger partial charge in [0.1, 0.15) is 6.10 Å². The van der Waals surface area contributed by atoms with Crippen molar-refractivity contribution in [1.82, 2.24) is 0 Å². The van der Waals surface area contributed by atoms with Gasteiger partial charge in [0, 0.05) is 0 Å². The van der Waals surface area contributed by atoms with Gasteiger partial charge in [-0.1, -0.05) is 34.3 Å². The minimum absolute atomic E-state index is 0.294. The van der Waals surface area contributed by atoms with E-state index >= 15 is 0 Å². The molecule has 0 saturated heterocycles. The van der Waals surface area contributed by atoms with Gasteiger partial charge >= 0.3 is 0 Å². The van der Waals surface area contributed by atoms with E-state index in [0.29, 0.717) is 12.0 Å². The fraction of sp³-hybridized carbons (Fsp3) is 0.800. The van der Waals surface area contributed by atoms with Crippen molar-refractivity contribution < 1.29 is 10.2 Å². The average Bonchev–Trinajstić information content (AvgIpc) is 1.98. The molecule has 0 aromatic rings. The van der Waals surface area contributed by atoms with E-state index in [4.69, 9.17) is 0 Å². The third-order valence-electron chi connectivity index (χ3n) is 2.06. The van der Waals surface area contributed by atoms with Crippen LogP contribution in [0.15, 0.2) is 12.2 Å². The molecular weight excluding hydrogens is 152 g/mol. The highest BCUT2D eigenvalue weighted by Crippen LogP contribution is 2.25. The van der Waals surface area contributed by atoms with Crippen LogP contribution in [0.2, 0.25) is 0 Å². The summed E-state index contributed by atoms with van der Waals surface area (Å²) in [5.41, 5.74) is 0.398. The Balaban J connectivity index is 4.29. The first-order valence-corrected chi connectivity index (χ1v) is 4.34. The molecule has 0 spiro atoms. The van der Waals surface area contributed by atoms with Crippen molar-refractivity contribution in [2.75, 3.05) is 0 Å². The maximum atomic E-state index is 9.64. The molecule has 0 aliphatic carbocycles. The van der Waals surface area contributed by atoms with Crippen LogP contribution >= 0.6 is 0 Å². The predicted octanol–water partition coefficient (Wildman–Crippen LogP) is 1.72. The topological polar surface area (TPSA) is 40.5 Å². The van der Waals surface area contributed by atoms with Crippen LogP contribution in [0.5, 0.6) is 0 Å². The first kappa shape index (κ1) is 11.7. The summed E-state index contributed by atoms with van der Waals surface area (Å²) < 4.78 is 0. The monoisotopic (exact) mass is 172 g/mol. The Hall–Kier alpha value is -0.340. The van der Waals surface area contributed by atoms with Crippen molar-refractivity contribution in [1.29, 1.82) is 0 Å².